The minimum Gasteiger partial charge on any atom is -0.339 e. The van der Waals surface area contributed by atoms with Gasteiger partial charge in [0.05, 0.1) is 15.2 Å². The maximum Gasteiger partial charge on any atom is 0.322 e. The molecule has 7 heteroatoms. The van der Waals surface area contributed by atoms with Gasteiger partial charge in [-0.25, -0.2) is 9.78 Å². The summed E-state index contributed by atoms with van der Waals surface area (Å²) in [4.78, 5) is 33.0. The number of fused-ring (bicyclic) bond motifs is 1. The van der Waals surface area contributed by atoms with E-state index in [1.807, 2.05) is 30.0 Å². The van der Waals surface area contributed by atoms with Gasteiger partial charge in [-0.2, -0.15) is 0 Å². The number of piperazine rings is 1. The third-order valence-electron chi connectivity index (χ3n) is 4.34. The number of aryl methyl sites for hydroxylation is 1. The molecular weight excluding hydrogens is 336 g/mol. The molecule has 2 heterocycles. The van der Waals surface area contributed by atoms with Crippen LogP contribution in [0.4, 0.5) is 10.5 Å². The number of aromatic nitrogens is 1. The molecule has 25 heavy (non-hydrogen) atoms. The van der Waals surface area contributed by atoms with Crippen molar-refractivity contribution >= 4 is 39.2 Å². The molecule has 3 amide bonds. The number of hydrogen-bond donors (Lipinski definition) is 1. The van der Waals surface area contributed by atoms with Gasteiger partial charge in [0.1, 0.15) is 6.04 Å². The number of carbonyl (C=O) groups excluding carboxylic acids is 2. The molecule has 6 nitrogen and oxygen atoms in total. The zero-order chi connectivity index (χ0) is 18.1. The van der Waals surface area contributed by atoms with Crippen LogP contribution in [-0.4, -0.2) is 52.4 Å². The van der Waals surface area contributed by atoms with E-state index in [9.17, 15) is 9.59 Å². The lowest BCUT2D eigenvalue weighted by Gasteiger charge is -2.39. The Morgan fingerprint density at radius 2 is 2.16 bits per heavy atom. The fourth-order valence-corrected chi connectivity index (χ4v) is 3.95. The van der Waals surface area contributed by atoms with Crippen LogP contribution in [0.2, 0.25) is 0 Å². The van der Waals surface area contributed by atoms with Gasteiger partial charge in [0, 0.05) is 25.3 Å². The molecular formula is C18H24N4O2S. The summed E-state index contributed by atoms with van der Waals surface area (Å²) < 4.78 is 1.10. The highest BCUT2D eigenvalue weighted by atomic mass is 32.1. The molecule has 1 aliphatic rings. The van der Waals surface area contributed by atoms with E-state index >= 15 is 0 Å². The first-order valence-electron chi connectivity index (χ1n) is 8.58. The third kappa shape index (κ3) is 3.76. The average molecular weight is 360 g/mol. The lowest BCUT2D eigenvalue weighted by molar-refractivity contribution is -0.139. The molecule has 0 radical (unpaired) electrons. The average Bonchev–Trinajstić information content (AvgIpc) is 2.90. The van der Waals surface area contributed by atoms with E-state index in [1.54, 1.807) is 23.2 Å². The fraction of sp³-hybridized carbons (Fsp3) is 0.500. The van der Waals surface area contributed by atoms with Crippen LogP contribution in [0.15, 0.2) is 18.2 Å². The number of nitrogens with one attached hydrogen (secondary N) is 1. The first-order valence-corrected chi connectivity index (χ1v) is 9.40. The summed E-state index contributed by atoms with van der Waals surface area (Å²) in [6.07, 6.45) is 0. The molecule has 2 aromatic rings. The highest BCUT2D eigenvalue weighted by Gasteiger charge is 2.34. The van der Waals surface area contributed by atoms with E-state index in [0.29, 0.717) is 24.7 Å². The van der Waals surface area contributed by atoms with Crippen LogP contribution in [0.25, 0.3) is 10.2 Å². The zero-order valence-corrected chi connectivity index (χ0v) is 15.9. The second-order valence-electron chi connectivity index (χ2n) is 6.89. The van der Waals surface area contributed by atoms with Crippen LogP contribution in [0.5, 0.6) is 0 Å². The lowest BCUT2D eigenvalue weighted by atomic mass is 10.1. The fourth-order valence-electron chi connectivity index (χ4n) is 3.14. The van der Waals surface area contributed by atoms with Gasteiger partial charge >= 0.3 is 6.03 Å². The zero-order valence-electron chi connectivity index (χ0n) is 15.1. The van der Waals surface area contributed by atoms with E-state index in [2.05, 4.69) is 24.1 Å². The first-order chi connectivity index (χ1) is 11.8. The van der Waals surface area contributed by atoms with Crippen molar-refractivity contribution in [1.29, 1.82) is 0 Å². The number of anilines is 1. The summed E-state index contributed by atoms with van der Waals surface area (Å²) >= 11 is 1.63. The highest BCUT2D eigenvalue weighted by Crippen LogP contribution is 2.25. The van der Waals surface area contributed by atoms with Gasteiger partial charge in [0.15, 0.2) is 0 Å². The van der Waals surface area contributed by atoms with Gasteiger partial charge in [-0.05, 0) is 38.0 Å². The number of hydrogen-bond acceptors (Lipinski definition) is 4. The van der Waals surface area contributed by atoms with Gasteiger partial charge in [-0.1, -0.05) is 13.8 Å². The molecule has 1 aromatic heterocycles. The number of rotatable bonds is 3. The quantitative estimate of drug-likeness (QED) is 0.913. The van der Waals surface area contributed by atoms with Crippen LogP contribution in [0.1, 0.15) is 25.8 Å². The minimum absolute atomic E-state index is 0.0145. The Morgan fingerprint density at radius 3 is 2.88 bits per heavy atom. The topological polar surface area (TPSA) is 65.5 Å². The maximum absolute atomic E-state index is 12.6. The van der Waals surface area contributed by atoms with Crippen LogP contribution in [0.3, 0.4) is 0 Å². The molecule has 134 valence electrons. The van der Waals surface area contributed by atoms with Crippen molar-refractivity contribution in [3.63, 3.8) is 0 Å². The Bertz CT molecular complexity index is 801. The molecule has 3 rings (SSSR count). The monoisotopic (exact) mass is 360 g/mol. The maximum atomic E-state index is 12.6. The Hall–Kier alpha value is -2.15. The van der Waals surface area contributed by atoms with E-state index in [1.165, 1.54) is 0 Å². The Kier molecular flexibility index (Phi) is 4.94. The van der Waals surface area contributed by atoms with Crippen molar-refractivity contribution in [3.8, 4) is 0 Å². The Balaban J connectivity index is 1.69. The number of amides is 3. The molecule has 0 bridgehead atoms. The van der Waals surface area contributed by atoms with Gasteiger partial charge in [0.25, 0.3) is 0 Å². The Labute approximate surface area is 151 Å². The van der Waals surface area contributed by atoms with E-state index < -0.39 is 6.04 Å². The van der Waals surface area contributed by atoms with Gasteiger partial charge in [-0.3, -0.25) is 4.79 Å². The molecule has 1 aliphatic heterocycles. The van der Waals surface area contributed by atoms with Crippen LogP contribution in [-0.2, 0) is 4.79 Å². The molecule has 1 N–H and O–H groups in total. The molecule has 1 saturated heterocycles. The summed E-state index contributed by atoms with van der Waals surface area (Å²) in [5.74, 6) is 0.436. The summed E-state index contributed by atoms with van der Waals surface area (Å²) in [5.41, 5.74) is 1.58. The smallest absolute Gasteiger partial charge is 0.322 e. The third-order valence-corrected chi connectivity index (χ3v) is 5.29. The summed E-state index contributed by atoms with van der Waals surface area (Å²) in [5, 5.41) is 3.90. The second kappa shape index (κ2) is 7.00. The first kappa shape index (κ1) is 17.7. The summed E-state index contributed by atoms with van der Waals surface area (Å²) in [7, 11) is 0. The Morgan fingerprint density at radius 1 is 1.40 bits per heavy atom. The van der Waals surface area contributed by atoms with Crippen molar-refractivity contribution < 1.29 is 9.59 Å². The largest absolute Gasteiger partial charge is 0.339 e. The second-order valence-corrected chi connectivity index (χ2v) is 8.13. The number of carbonyl (C=O) groups is 2. The van der Waals surface area contributed by atoms with Crippen LogP contribution >= 0.6 is 11.3 Å². The van der Waals surface area contributed by atoms with Crippen LogP contribution in [0, 0.1) is 12.8 Å². The molecule has 1 aromatic carbocycles. The van der Waals surface area contributed by atoms with Crippen LogP contribution < -0.4 is 5.32 Å². The summed E-state index contributed by atoms with van der Waals surface area (Å²) in [6.45, 7) is 9.80. The number of benzene rings is 1. The normalized spacial score (nSPS) is 18.3. The van der Waals surface area contributed by atoms with Crippen molar-refractivity contribution in [1.82, 2.24) is 14.8 Å². The predicted octanol–water partition coefficient (Wildman–Crippen LogP) is 3.33. The van der Waals surface area contributed by atoms with Crippen molar-refractivity contribution in [2.24, 2.45) is 5.92 Å². The highest BCUT2D eigenvalue weighted by molar-refractivity contribution is 7.18. The molecule has 0 aliphatic carbocycles. The standard InChI is InChI=1S/C18H24N4O2S/c1-11(2)10-21-7-8-22(12(3)17(21)23)18(24)20-14-5-6-16-15(9-14)19-13(4)25-16/h5-6,9,11-12H,7-8,10H2,1-4H3,(H,20,24)/t12-/m0/s1. The van der Waals surface area contributed by atoms with Gasteiger partial charge < -0.3 is 15.1 Å². The van der Waals surface area contributed by atoms with Crippen molar-refractivity contribution in [3.05, 3.63) is 23.2 Å². The minimum atomic E-state index is -0.447. The van der Waals surface area contributed by atoms with E-state index in [4.69, 9.17) is 0 Å². The van der Waals surface area contributed by atoms with E-state index in [0.717, 1.165) is 21.8 Å². The summed E-state index contributed by atoms with van der Waals surface area (Å²) in [6, 6.07) is 5.02. The van der Waals surface area contributed by atoms with E-state index in [-0.39, 0.29) is 11.9 Å². The van der Waals surface area contributed by atoms with Crippen molar-refractivity contribution in [2.45, 2.75) is 33.7 Å². The lowest BCUT2D eigenvalue weighted by Crippen LogP contribution is -2.58. The van der Waals surface area contributed by atoms with Crippen molar-refractivity contribution in [2.75, 3.05) is 25.0 Å². The number of thiazole rings is 1. The molecule has 1 fully saturated rings. The van der Waals surface area contributed by atoms with Gasteiger partial charge in [0.2, 0.25) is 5.91 Å². The molecule has 0 unspecified atom stereocenters. The SMILES string of the molecule is Cc1nc2cc(NC(=O)N3CCN(CC(C)C)C(=O)[C@@H]3C)ccc2s1. The molecule has 0 spiro atoms. The molecule has 1 atom stereocenters. The number of nitrogens with zero attached hydrogens (tertiary/aromatic N) is 3. The van der Waals surface area contributed by atoms with Gasteiger partial charge in [-0.15, -0.1) is 11.3 Å². The molecule has 0 saturated carbocycles. The predicted molar refractivity (Wildman–Crippen MR) is 101 cm³/mol. The number of urea groups is 1.